The zero-order chi connectivity index (χ0) is 17.3. The standard InChI is InChI=1S/C16H17N3O4S/c17-24(22,23)13-8-9-14(15(10-13)19(20)21)18-16(12-6-7-12)11-4-2-1-3-5-11/h1-5,8-10,12,16,18H,6-7H2,(H2,17,22,23)/t16-/m0/s1. The van der Waals surface area contributed by atoms with Crippen molar-refractivity contribution >= 4 is 21.4 Å². The number of hydrogen-bond acceptors (Lipinski definition) is 5. The molecule has 0 spiro atoms. The van der Waals surface area contributed by atoms with Crippen molar-refractivity contribution in [2.75, 3.05) is 5.32 Å². The van der Waals surface area contributed by atoms with Crippen LogP contribution in [0.5, 0.6) is 0 Å². The van der Waals surface area contributed by atoms with Crippen molar-refractivity contribution in [3.05, 3.63) is 64.2 Å². The van der Waals surface area contributed by atoms with Crippen molar-refractivity contribution < 1.29 is 13.3 Å². The molecule has 1 fully saturated rings. The van der Waals surface area contributed by atoms with Crippen LogP contribution in [0.3, 0.4) is 0 Å². The van der Waals surface area contributed by atoms with Crippen molar-refractivity contribution in [2.45, 2.75) is 23.8 Å². The van der Waals surface area contributed by atoms with E-state index in [0.29, 0.717) is 5.92 Å². The van der Waals surface area contributed by atoms with Crippen LogP contribution in [-0.2, 0) is 10.0 Å². The topological polar surface area (TPSA) is 115 Å². The van der Waals surface area contributed by atoms with E-state index in [1.165, 1.54) is 12.1 Å². The molecule has 1 saturated carbocycles. The summed E-state index contributed by atoms with van der Waals surface area (Å²) in [5.74, 6) is 0.407. The first-order valence-electron chi connectivity index (χ1n) is 7.49. The molecule has 3 rings (SSSR count). The first kappa shape index (κ1) is 16.4. The lowest BCUT2D eigenvalue weighted by Crippen LogP contribution is -2.15. The smallest absolute Gasteiger partial charge is 0.293 e. The number of anilines is 1. The number of sulfonamides is 1. The minimum absolute atomic E-state index is 0.0507. The Balaban J connectivity index is 1.97. The fourth-order valence-corrected chi connectivity index (χ4v) is 3.23. The van der Waals surface area contributed by atoms with E-state index in [4.69, 9.17) is 5.14 Å². The maximum atomic E-state index is 11.4. The summed E-state index contributed by atoms with van der Waals surface area (Å²) in [6.45, 7) is 0. The number of nitro benzene ring substituents is 1. The van der Waals surface area contributed by atoms with E-state index in [2.05, 4.69) is 5.32 Å². The Kier molecular flexibility index (Phi) is 4.25. The lowest BCUT2D eigenvalue weighted by atomic mass is 10.0. The van der Waals surface area contributed by atoms with Gasteiger partial charge in [0, 0.05) is 6.07 Å². The van der Waals surface area contributed by atoms with Gasteiger partial charge in [-0.25, -0.2) is 13.6 Å². The number of primary sulfonamides is 1. The Morgan fingerprint density at radius 3 is 2.38 bits per heavy atom. The molecular formula is C16H17N3O4S. The van der Waals surface area contributed by atoms with Crippen LogP contribution < -0.4 is 10.5 Å². The molecule has 0 unspecified atom stereocenters. The largest absolute Gasteiger partial charge is 0.372 e. The molecule has 1 aliphatic rings. The van der Waals surface area contributed by atoms with Gasteiger partial charge in [0.2, 0.25) is 10.0 Å². The number of benzene rings is 2. The van der Waals surface area contributed by atoms with Gasteiger partial charge in [0.25, 0.3) is 5.69 Å². The van der Waals surface area contributed by atoms with Crippen molar-refractivity contribution in [1.82, 2.24) is 0 Å². The number of nitrogens with two attached hydrogens (primary N) is 1. The molecule has 7 nitrogen and oxygen atoms in total. The number of rotatable bonds is 6. The maximum Gasteiger partial charge on any atom is 0.293 e. The van der Waals surface area contributed by atoms with Gasteiger partial charge in [0.15, 0.2) is 0 Å². The molecular weight excluding hydrogens is 330 g/mol. The SMILES string of the molecule is NS(=O)(=O)c1ccc(N[C@@H](c2ccccc2)C2CC2)c([N+](=O)[O-])c1. The summed E-state index contributed by atoms with van der Waals surface area (Å²) in [7, 11) is -3.99. The number of nitro groups is 1. The van der Waals surface area contributed by atoms with Gasteiger partial charge < -0.3 is 5.32 Å². The summed E-state index contributed by atoms with van der Waals surface area (Å²) in [5.41, 5.74) is 1.03. The summed E-state index contributed by atoms with van der Waals surface area (Å²) in [5, 5.41) is 19.6. The summed E-state index contributed by atoms with van der Waals surface area (Å²) in [4.78, 5) is 10.5. The predicted molar refractivity (Wildman–Crippen MR) is 90.0 cm³/mol. The van der Waals surface area contributed by atoms with E-state index in [1.54, 1.807) is 0 Å². The van der Waals surface area contributed by atoms with E-state index >= 15 is 0 Å². The summed E-state index contributed by atoms with van der Waals surface area (Å²) >= 11 is 0. The number of nitrogens with zero attached hydrogens (tertiary/aromatic N) is 1. The van der Waals surface area contributed by atoms with Gasteiger partial charge in [-0.05, 0) is 36.5 Å². The zero-order valence-electron chi connectivity index (χ0n) is 12.8. The summed E-state index contributed by atoms with van der Waals surface area (Å²) < 4.78 is 22.8. The van der Waals surface area contributed by atoms with Crippen molar-refractivity contribution in [2.24, 2.45) is 11.1 Å². The molecule has 24 heavy (non-hydrogen) atoms. The van der Waals surface area contributed by atoms with E-state index < -0.39 is 14.9 Å². The molecule has 8 heteroatoms. The summed E-state index contributed by atoms with van der Waals surface area (Å²) in [6, 6.07) is 13.3. The van der Waals surface area contributed by atoms with Crippen molar-refractivity contribution in [3.8, 4) is 0 Å². The molecule has 1 aliphatic carbocycles. The third kappa shape index (κ3) is 3.55. The van der Waals surface area contributed by atoms with Crippen LogP contribution >= 0.6 is 0 Å². The first-order chi connectivity index (χ1) is 11.4. The lowest BCUT2D eigenvalue weighted by molar-refractivity contribution is -0.384. The van der Waals surface area contributed by atoms with Crippen LogP contribution in [-0.4, -0.2) is 13.3 Å². The highest BCUT2D eigenvalue weighted by molar-refractivity contribution is 7.89. The van der Waals surface area contributed by atoms with Gasteiger partial charge in [-0.1, -0.05) is 30.3 Å². The normalized spacial score (nSPS) is 15.7. The third-order valence-corrected chi connectivity index (χ3v) is 4.97. The number of nitrogens with one attached hydrogen (secondary N) is 1. The predicted octanol–water partition coefficient (Wildman–Crippen LogP) is 2.81. The molecule has 126 valence electrons. The van der Waals surface area contributed by atoms with Gasteiger partial charge in [0.05, 0.1) is 15.9 Å². The highest BCUT2D eigenvalue weighted by Crippen LogP contribution is 2.44. The molecule has 1 atom stereocenters. The molecule has 0 amide bonds. The van der Waals surface area contributed by atoms with Crippen LogP contribution in [0.15, 0.2) is 53.4 Å². The highest BCUT2D eigenvalue weighted by Gasteiger charge is 2.33. The van der Waals surface area contributed by atoms with Crippen molar-refractivity contribution in [1.29, 1.82) is 0 Å². The highest BCUT2D eigenvalue weighted by atomic mass is 32.2. The minimum atomic E-state index is -3.99. The second-order valence-corrected chi connectivity index (χ2v) is 7.41. The molecule has 0 saturated heterocycles. The van der Waals surface area contributed by atoms with Crippen LogP contribution in [0, 0.1) is 16.0 Å². The average molecular weight is 347 g/mol. The Labute approximate surface area is 139 Å². The van der Waals surface area contributed by atoms with E-state index in [1.807, 2.05) is 30.3 Å². The average Bonchev–Trinajstić information content (AvgIpc) is 3.37. The van der Waals surface area contributed by atoms with Crippen molar-refractivity contribution in [3.63, 3.8) is 0 Å². The van der Waals surface area contributed by atoms with E-state index in [-0.39, 0.29) is 22.3 Å². The van der Waals surface area contributed by atoms with Gasteiger partial charge in [-0.2, -0.15) is 0 Å². The molecule has 0 heterocycles. The van der Waals surface area contributed by atoms with Gasteiger partial charge in [-0.3, -0.25) is 10.1 Å². The molecule has 0 radical (unpaired) electrons. The van der Waals surface area contributed by atoms with Crippen LogP contribution in [0.1, 0.15) is 24.4 Å². The Morgan fingerprint density at radius 1 is 1.17 bits per heavy atom. The Hall–Kier alpha value is -2.45. The minimum Gasteiger partial charge on any atom is -0.372 e. The van der Waals surface area contributed by atoms with E-state index in [0.717, 1.165) is 24.5 Å². The molecule has 2 aromatic rings. The maximum absolute atomic E-state index is 11.4. The second-order valence-electron chi connectivity index (χ2n) is 5.85. The van der Waals surface area contributed by atoms with Crippen LogP contribution in [0.2, 0.25) is 0 Å². The fraction of sp³-hybridized carbons (Fsp3) is 0.250. The van der Waals surface area contributed by atoms with Crippen LogP contribution in [0.25, 0.3) is 0 Å². The third-order valence-electron chi connectivity index (χ3n) is 4.06. The lowest BCUT2D eigenvalue weighted by Gasteiger charge is -2.20. The Bertz CT molecular complexity index is 864. The second kappa shape index (κ2) is 6.21. The monoisotopic (exact) mass is 347 g/mol. The molecule has 2 aromatic carbocycles. The fourth-order valence-electron chi connectivity index (χ4n) is 2.69. The quantitative estimate of drug-likeness (QED) is 0.616. The zero-order valence-corrected chi connectivity index (χ0v) is 13.6. The Morgan fingerprint density at radius 2 is 1.83 bits per heavy atom. The number of hydrogen-bond donors (Lipinski definition) is 2. The van der Waals surface area contributed by atoms with Gasteiger partial charge in [0.1, 0.15) is 5.69 Å². The summed E-state index contributed by atoms with van der Waals surface area (Å²) in [6.07, 6.45) is 2.10. The molecule has 0 bridgehead atoms. The van der Waals surface area contributed by atoms with Gasteiger partial charge in [-0.15, -0.1) is 0 Å². The van der Waals surface area contributed by atoms with E-state index in [9.17, 15) is 18.5 Å². The molecule has 3 N–H and O–H groups in total. The first-order valence-corrected chi connectivity index (χ1v) is 9.03. The van der Waals surface area contributed by atoms with Gasteiger partial charge >= 0.3 is 0 Å². The van der Waals surface area contributed by atoms with Crippen LogP contribution in [0.4, 0.5) is 11.4 Å². The molecule has 0 aliphatic heterocycles. The molecule has 0 aromatic heterocycles.